The largest absolute Gasteiger partial charge is 0.467 e. The Morgan fingerprint density at radius 3 is 2.27 bits per heavy atom. The van der Waals surface area contributed by atoms with E-state index >= 15 is 0 Å². The van der Waals surface area contributed by atoms with E-state index in [-0.39, 0.29) is 12.8 Å². The molecule has 0 unspecified atom stereocenters. The molecular weight excluding hydrogens is 528 g/mol. The van der Waals surface area contributed by atoms with Crippen molar-refractivity contribution in [2.24, 2.45) is 0 Å². The third kappa shape index (κ3) is 7.30. The van der Waals surface area contributed by atoms with Crippen LogP contribution in [-0.4, -0.2) is 65.2 Å². The molecule has 3 atom stereocenters. The molecule has 3 amide bonds. The van der Waals surface area contributed by atoms with Crippen molar-refractivity contribution in [3.63, 3.8) is 0 Å². The number of fused-ring (bicyclic) bond motifs is 1. The first-order chi connectivity index (χ1) is 19.4. The van der Waals surface area contributed by atoms with Crippen LogP contribution in [0.1, 0.15) is 38.3 Å². The zero-order valence-corrected chi connectivity index (χ0v) is 23.4. The lowest BCUT2D eigenvalue weighted by Crippen LogP contribution is -2.63. The van der Waals surface area contributed by atoms with Gasteiger partial charge in [-0.05, 0) is 38.0 Å². The fourth-order valence-corrected chi connectivity index (χ4v) is 4.68. The van der Waals surface area contributed by atoms with Crippen LogP contribution in [0.15, 0.2) is 60.8 Å². The van der Waals surface area contributed by atoms with E-state index in [9.17, 15) is 24.0 Å². The molecule has 3 N–H and O–H groups in total. The van der Waals surface area contributed by atoms with Gasteiger partial charge in [-0.25, -0.2) is 9.59 Å². The molecule has 1 aromatic heterocycles. The molecule has 41 heavy (non-hydrogen) atoms. The van der Waals surface area contributed by atoms with E-state index in [1.165, 1.54) is 11.7 Å². The number of nitrogens with zero attached hydrogens (tertiary/aromatic N) is 1. The van der Waals surface area contributed by atoms with Crippen molar-refractivity contribution < 1.29 is 33.4 Å². The van der Waals surface area contributed by atoms with Gasteiger partial charge in [-0.3, -0.25) is 19.0 Å². The van der Waals surface area contributed by atoms with Gasteiger partial charge in [-0.15, -0.1) is 0 Å². The summed E-state index contributed by atoms with van der Waals surface area (Å²) in [5.41, 5.74) is 1.36. The predicted octanol–water partition coefficient (Wildman–Crippen LogP) is 2.24. The molecule has 0 saturated carbocycles. The standard InChI is InChI=1S/C30H34N4O7/c1-30(2,3)41-29(39)34-17-19(20-12-8-9-13-24(20)34)15-23(28(38)40-4)31-25(35)16-22-27(37)32-21(26(36)33-22)14-18-10-6-5-7-11-18/h5-13,17,21-23H,14-16H2,1-4H3,(H,31,35)(H,32,37)(H,33,36)/t21-,22-,23+/m0/s1. The molecule has 2 aromatic carbocycles. The van der Waals surface area contributed by atoms with E-state index in [1.807, 2.05) is 30.3 Å². The number of rotatable bonds is 8. The summed E-state index contributed by atoms with van der Waals surface area (Å²) in [7, 11) is 1.20. The molecule has 11 nitrogen and oxygen atoms in total. The Bertz CT molecular complexity index is 1460. The number of hydrogen-bond acceptors (Lipinski definition) is 7. The fraction of sp³-hybridized carbons (Fsp3) is 0.367. The number of para-hydroxylation sites is 1. The highest BCUT2D eigenvalue weighted by atomic mass is 16.6. The number of aromatic nitrogens is 1. The first kappa shape index (κ1) is 29.3. The van der Waals surface area contributed by atoms with E-state index in [0.717, 1.165) is 5.56 Å². The van der Waals surface area contributed by atoms with Crippen LogP contribution >= 0.6 is 0 Å². The minimum atomic E-state index is -1.11. The molecule has 1 aliphatic heterocycles. The Morgan fingerprint density at radius 1 is 0.951 bits per heavy atom. The first-order valence-corrected chi connectivity index (χ1v) is 13.3. The van der Waals surface area contributed by atoms with Crippen LogP contribution in [0.4, 0.5) is 4.79 Å². The molecule has 1 saturated heterocycles. The minimum absolute atomic E-state index is 0.0110. The Balaban J connectivity index is 1.45. The number of esters is 1. The SMILES string of the molecule is COC(=O)[C@@H](Cc1cn(C(=O)OC(C)(C)C)c2ccccc12)NC(=O)C[C@@H]1NC(=O)[C@H](Cc2ccccc2)NC1=O. The van der Waals surface area contributed by atoms with Crippen molar-refractivity contribution in [1.29, 1.82) is 0 Å². The number of benzene rings is 2. The van der Waals surface area contributed by atoms with Crippen molar-refractivity contribution in [2.45, 2.75) is 63.8 Å². The second-order valence-electron chi connectivity index (χ2n) is 10.9. The van der Waals surface area contributed by atoms with Gasteiger partial charge in [0.15, 0.2) is 0 Å². The van der Waals surface area contributed by atoms with Gasteiger partial charge < -0.3 is 25.4 Å². The summed E-state index contributed by atoms with van der Waals surface area (Å²) in [5.74, 6) is -2.22. The summed E-state index contributed by atoms with van der Waals surface area (Å²) in [4.78, 5) is 63.8. The van der Waals surface area contributed by atoms with Gasteiger partial charge in [0, 0.05) is 24.4 Å². The van der Waals surface area contributed by atoms with Crippen LogP contribution in [-0.2, 0) is 41.5 Å². The van der Waals surface area contributed by atoms with Crippen LogP contribution < -0.4 is 16.0 Å². The number of nitrogens with one attached hydrogen (secondary N) is 3. The normalized spacial score (nSPS) is 17.8. The summed E-state index contributed by atoms with van der Waals surface area (Å²) in [6.07, 6.45) is 0.948. The van der Waals surface area contributed by atoms with E-state index in [0.29, 0.717) is 22.9 Å². The molecule has 1 fully saturated rings. The quantitative estimate of drug-likeness (QED) is 0.357. The number of amides is 3. The molecule has 11 heteroatoms. The first-order valence-electron chi connectivity index (χ1n) is 13.3. The summed E-state index contributed by atoms with van der Waals surface area (Å²) < 4.78 is 11.8. The highest BCUT2D eigenvalue weighted by molar-refractivity contribution is 5.99. The molecular formula is C30H34N4O7. The number of carbonyl (C=O) groups excluding carboxylic acids is 5. The van der Waals surface area contributed by atoms with Crippen molar-refractivity contribution in [1.82, 2.24) is 20.5 Å². The second-order valence-corrected chi connectivity index (χ2v) is 10.9. The number of methoxy groups -OCH3 is 1. The summed E-state index contributed by atoms with van der Waals surface area (Å²) >= 11 is 0. The highest BCUT2D eigenvalue weighted by Gasteiger charge is 2.35. The number of ether oxygens (including phenoxy) is 2. The maximum atomic E-state index is 13.0. The van der Waals surface area contributed by atoms with Crippen LogP contribution in [0.2, 0.25) is 0 Å². The van der Waals surface area contributed by atoms with E-state index in [4.69, 9.17) is 9.47 Å². The summed E-state index contributed by atoms with van der Waals surface area (Å²) in [5, 5.41) is 8.61. The lowest BCUT2D eigenvalue weighted by Gasteiger charge is -2.29. The molecule has 0 aliphatic carbocycles. The van der Waals surface area contributed by atoms with Crippen LogP contribution in [0.3, 0.4) is 0 Å². The Hall–Kier alpha value is -4.67. The molecule has 3 aromatic rings. The average molecular weight is 563 g/mol. The fourth-order valence-electron chi connectivity index (χ4n) is 4.68. The lowest BCUT2D eigenvalue weighted by molar-refractivity contribution is -0.145. The molecule has 0 bridgehead atoms. The Morgan fingerprint density at radius 2 is 1.59 bits per heavy atom. The Labute approximate surface area is 237 Å². The van der Waals surface area contributed by atoms with Gasteiger partial charge in [0.05, 0.1) is 19.0 Å². The van der Waals surface area contributed by atoms with Gasteiger partial charge in [-0.1, -0.05) is 48.5 Å². The van der Waals surface area contributed by atoms with Crippen molar-refractivity contribution in [2.75, 3.05) is 7.11 Å². The maximum absolute atomic E-state index is 13.0. The third-order valence-electron chi connectivity index (χ3n) is 6.57. The number of carbonyl (C=O) groups is 5. The van der Waals surface area contributed by atoms with Crippen LogP contribution in [0, 0.1) is 0 Å². The molecule has 0 radical (unpaired) electrons. The number of piperazine rings is 1. The van der Waals surface area contributed by atoms with Gasteiger partial charge >= 0.3 is 12.1 Å². The monoisotopic (exact) mass is 562 g/mol. The third-order valence-corrected chi connectivity index (χ3v) is 6.57. The highest BCUT2D eigenvalue weighted by Crippen LogP contribution is 2.24. The molecule has 1 aliphatic rings. The van der Waals surface area contributed by atoms with Gasteiger partial charge in [0.2, 0.25) is 17.7 Å². The Kier molecular flexibility index (Phi) is 8.75. The lowest BCUT2D eigenvalue weighted by atomic mass is 10.0. The molecule has 4 rings (SSSR count). The molecule has 216 valence electrons. The van der Waals surface area contributed by atoms with Gasteiger partial charge in [-0.2, -0.15) is 0 Å². The van der Waals surface area contributed by atoms with Crippen molar-refractivity contribution in [3.8, 4) is 0 Å². The second kappa shape index (κ2) is 12.2. The topological polar surface area (TPSA) is 145 Å². The zero-order valence-electron chi connectivity index (χ0n) is 23.4. The summed E-state index contributed by atoms with van der Waals surface area (Å²) in [6.45, 7) is 5.29. The van der Waals surface area contributed by atoms with E-state index in [1.54, 1.807) is 51.2 Å². The van der Waals surface area contributed by atoms with Gasteiger partial charge in [0.25, 0.3) is 0 Å². The maximum Gasteiger partial charge on any atom is 0.419 e. The van der Waals surface area contributed by atoms with Crippen molar-refractivity contribution >= 4 is 40.7 Å². The van der Waals surface area contributed by atoms with Gasteiger partial charge in [0.1, 0.15) is 23.7 Å². The average Bonchev–Trinajstić information content (AvgIpc) is 3.29. The van der Waals surface area contributed by atoms with E-state index < -0.39 is 53.5 Å². The van der Waals surface area contributed by atoms with Crippen LogP contribution in [0.25, 0.3) is 10.9 Å². The smallest absolute Gasteiger partial charge is 0.419 e. The van der Waals surface area contributed by atoms with Crippen molar-refractivity contribution in [3.05, 3.63) is 71.9 Å². The molecule has 0 spiro atoms. The zero-order chi connectivity index (χ0) is 29.7. The summed E-state index contributed by atoms with van der Waals surface area (Å²) in [6, 6.07) is 13.4. The van der Waals surface area contributed by atoms with E-state index in [2.05, 4.69) is 16.0 Å². The predicted molar refractivity (Wildman–Crippen MR) is 150 cm³/mol. The minimum Gasteiger partial charge on any atom is -0.467 e. The molecule has 2 heterocycles. The number of hydrogen-bond donors (Lipinski definition) is 3. The van der Waals surface area contributed by atoms with Crippen LogP contribution in [0.5, 0.6) is 0 Å².